The predicted molar refractivity (Wildman–Crippen MR) is 121 cm³/mol. The van der Waals surface area contributed by atoms with Crippen LogP contribution in [0.3, 0.4) is 0 Å². The van der Waals surface area contributed by atoms with E-state index in [1.165, 1.54) is 11.1 Å². The van der Waals surface area contributed by atoms with Gasteiger partial charge in [0, 0.05) is 19.4 Å². The van der Waals surface area contributed by atoms with E-state index in [1.54, 1.807) is 0 Å². The number of carboxylic acids is 1. The molecule has 0 aromatic heterocycles. The molecule has 0 bridgehead atoms. The Morgan fingerprint density at radius 3 is 1.97 bits per heavy atom. The van der Waals surface area contributed by atoms with Gasteiger partial charge in [-0.25, -0.2) is 0 Å². The van der Waals surface area contributed by atoms with E-state index in [1.807, 2.05) is 24.3 Å². The van der Waals surface area contributed by atoms with Crippen LogP contribution in [0.15, 0.2) is 60.7 Å². The Bertz CT molecular complexity index is 730. The zero-order valence-corrected chi connectivity index (χ0v) is 17.9. The fraction of sp³-hybridized carbons (Fsp3) is 0.462. The van der Waals surface area contributed by atoms with Crippen molar-refractivity contribution in [3.63, 3.8) is 0 Å². The third-order valence-electron chi connectivity index (χ3n) is 5.50. The Morgan fingerprint density at radius 1 is 0.733 bits per heavy atom. The van der Waals surface area contributed by atoms with Crippen LogP contribution < -0.4 is 5.32 Å². The molecular weight excluding hydrogens is 374 g/mol. The molecule has 30 heavy (non-hydrogen) atoms. The first kappa shape index (κ1) is 23.7. The number of nitrogens with one attached hydrogen (secondary N) is 1. The van der Waals surface area contributed by atoms with Crippen molar-refractivity contribution in [2.24, 2.45) is 5.92 Å². The van der Waals surface area contributed by atoms with Crippen LogP contribution >= 0.6 is 0 Å². The molecule has 0 aliphatic carbocycles. The van der Waals surface area contributed by atoms with Gasteiger partial charge in [0.05, 0.1) is 0 Å². The van der Waals surface area contributed by atoms with Crippen LogP contribution in [0, 0.1) is 5.92 Å². The Morgan fingerprint density at radius 2 is 1.33 bits per heavy atom. The molecule has 0 radical (unpaired) electrons. The molecule has 162 valence electrons. The topological polar surface area (TPSA) is 66.4 Å². The van der Waals surface area contributed by atoms with E-state index in [0.717, 1.165) is 44.9 Å². The summed E-state index contributed by atoms with van der Waals surface area (Å²) in [6.45, 7) is 0.562. The number of hydrogen-bond acceptors (Lipinski definition) is 2. The quantitative estimate of drug-likeness (QED) is 0.387. The summed E-state index contributed by atoms with van der Waals surface area (Å²) in [5.74, 6) is -0.504. The summed E-state index contributed by atoms with van der Waals surface area (Å²) in [7, 11) is 0. The van der Waals surface area contributed by atoms with Gasteiger partial charge in [-0.2, -0.15) is 0 Å². The molecule has 0 spiro atoms. The predicted octanol–water partition coefficient (Wildman–Crippen LogP) is 5.41. The van der Waals surface area contributed by atoms with Crippen molar-refractivity contribution >= 4 is 11.9 Å². The standard InChI is InChI=1S/C26H35NO3/c28-25(16-10-2-1-5-11-22-12-6-3-7-13-22)27-21-24(19-20-26(29)30)18-17-23-14-8-4-9-15-23/h3-4,6-9,12-15,24H,1-2,5,10-11,16-21H2,(H,27,28)(H,29,30). The number of carbonyl (C=O) groups excluding carboxylic acids is 1. The molecule has 1 unspecified atom stereocenters. The van der Waals surface area contributed by atoms with Crippen LogP contribution in [0.1, 0.15) is 62.5 Å². The summed E-state index contributed by atoms with van der Waals surface area (Å²) in [4.78, 5) is 23.1. The van der Waals surface area contributed by atoms with Gasteiger partial charge >= 0.3 is 5.97 Å². The summed E-state index contributed by atoms with van der Waals surface area (Å²) in [6.07, 6.45) is 8.46. The maximum Gasteiger partial charge on any atom is 0.303 e. The van der Waals surface area contributed by atoms with Gasteiger partial charge in [0.1, 0.15) is 0 Å². The number of carboxylic acid groups (broad SMARTS) is 1. The molecule has 0 heterocycles. The van der Waals surface area contributed by atoms with Crippen molar-refractivity contribution in [2.75, 3.05) is 6.54 Å². The summed E-state index contributed by atoms with van der Waals surface area (Å²) in [5.41, 5.74) is 2.62. The van der Waals surface area contributed by atoms with E-state index in [0.29, 0.717) is 19.4 Å². The number of aliphatic carboxylic acids is 1. The second kappa shape index (κ2) is 14.4. The second-order valence-corrected chi connectivity index (χ2v) is 8.03. The van der Waals surface area contributed by atoms with Crippen LogP contribution in [0.2, 0.25) is 0 Å². The van der Waals surface area contributed by atoms with Gasteiger partial charge in [0.15, 0.2) is 0 Å². The third-order valence-corrected chi connectivity index (χ3v) is 5.50. The van der Waals surface area contributed by atoms with Crippen molar-refractivity contribution in [1.82, 2.24) is 5.32 Å². The van der Waals surface area contributed by atoms with E-state index < -0.39 is 5.97 Å². The third kappa shape index (κ3) is 10.8. The molecule has 0 saturated heterocycles. The maximum absolute atomic E-state index is 12.2. The molecule has 4 nitrogen and oxygen atoms in total. The van der Waals surface area contributed by atoms with Crippen LogP contribution in [0.25, 0.3) is 0 Å². The van der Waals surface area contributed by atoms with Gasteiger partial charge in [-0.05, 0) is 55.6 Å². The Hall–Kier alpha value is -2.62. The lowest BCUT2D eigenvalue weighted by atomic mass is 9.95. The zero-order valence-electron chi connectivity index (χ0n) is 17.9. The lowest BCUT2D eigenvalue weighted by molar-refractivity contribution is -0.137. The molecule has 2 aromatic carbocycles. The Balaban J connectivity index is 1.60. The molecule has 0 aliphatic heterocycles. The molecule has 2 N–H and O–H groups in total. The average molecular weight is 410 g/mol. The number of aryl methyl sites for hydroxylation is 2. The fourth-order valence-corrected chi connectivity index (χ4v) is 3.65. The first-order chi connectivity index (χ1) is 14.6. The summed E-state index contributed by atoms with van der Waals surface area (Å²) >= 11 is 0. The van der Waals surface area contributed by atoms with Crippen LogP contribution in [0.5, 0.6) is 0 Å². The Kier molecular flexibility index (Phi) is 11.3. The van der Waals surface area contributed by atoms with Gasteiger partial charge < -0.3 is 10.4 Å². The number of unbranched alkanes of at least 4 members (excludes halogenated alkanes) is 3. The summed E-state index contributed by atoms with van der Waals surface area (Å²) < 4.78 is 0. The normalized spacial score (nSPS) is 11.7. The lowest BCUT2D eigenvalue weighted by Crippen LogP contribution is -2.29. The van der Waals surface area contributed by atoms with E-state index >= 15 is 0 Å². The minimum Gasteiger partial charge on any atom is -0.481 e. The number of carbonyl (C=O) groups is 2. The van der Waals surface area contributed by atoms with E-state index in [9.17, 15) is 9.59 Å². The van der Waals surface area contributed by atoms with Crippen molar-refractivity contribution in [2.45, 2.75) is 64.2 Å². The zero-order chi connectivity index (χ0) is 21.4. The summed E-state index contributed by atoms with van der Waals surface area (Å²) in [6, 6.07) is 20.7. The van der Waals surface area contributed by atoms with Crippen LogP contribution in [0.4, 0.5) is 0 Å². The highest BCUT2D eigenvalue weighted by Crippen LogP contribution is 2.15. The highest BCUT2D eigenvalue weighted by atomic mass is 16.4. The van der Waals surface area contributed by atoms with Gasteiger partial charge in [0.2, 0.25) is 5.91 Å². The molecular formula is C26H35NO3. The van der Waals surface area contributed by atoms with Crippen molar-refractivity contribution in [1.29, 1.82) is 0 Å². The molecule has 0 saturated carbocycles. The molecule has 0 fully saturated rings. The molecule has 2 aromatic rings. The maximum atomic E-state index is 12.2. The first-order valence-corrected chi connectivity index (χ1v) is 11.2. The fourth-order valence-electron chi connectivity index (χ4n) is 3.65. The van der Waals surface area contributed by atoms with Gasteiger partial charge in [0.25, 0.3) is 0 Å². The lowest BCUT2D eigenvalue weighted by Gasteiger charge is -2.17. The van der Waals surface area contributed by atoms with Crippen LogP contribution in [-0.4, -0.2) is 23.5 Å². The Labute approximate surface area is 180 Å². The minimum absolute atomic E-state index is 0.0816. The summed E-state index contributed by atoms with van der Waals surface area (Å²) in [5, 5.41) is 12.0. The second-order valence-electron chi connectivity index (χ2n) is 8.03. The van der Waals surface area contributed by atoms with Gasteiger partial charge in [-0.3, -0.25) is 9.59 Å². The smallest absolute Gasteiger partial charge is 0.303 e. The SMILES string of the molecule is O=C(O)CCC(CCc1ccccc1)CNC(=O)CCCCCCc1ccccc1. The minimum atomic E-state index is -0.776. The van der Waals surface area contributed by atoms with Gasteiger partial charge in [-0.15, -0.1) is 0 Å². The average Bonchev–Trinajstić information content (AvgIpc) is 2.77. The monoisotopic (exact) mass is 409 g/mol. The molecule has 1 atom stereocenters. The highest BCUT2D eigenvalue weighted by Gasteiger charge is 2.13. The largest absolute Gasteiger partial charge is 0.481 e. The van der Waals surface area contributed by atoms with Crippen molar-refractivity contribution < 1.29 is 14.7 Å². The van der Waals surface area contributed by atoms with Crippen LogP contribution in [-0.2, 0) is 22.4 Å². The van der Waals surface area contributed by atoms with Crippen molar-refractivity contribution in [3.05, 3.63) is 71.8 Å². The van der Waals surface area contributed by atoms with Gasteiger partial charge in [-0.1, -0.05) is 73.5 Å². The first-order valence-electron chi connectivity index (χ1n) is 11.2. The van der Waals surface area contributed by atoms with E-state index in [2.05, 4.69) is 41.7 Å². The number of rotatable bonds is 15. The number of benzene rings is 2. The molecule has 0 aliphatic rings. The van der Waals surface area contributed by atoms with Crippen molar-refractivity contribution in [3.8, 4) is 0 Å². The number of hydrogen-bond donors (Lipinski definition) is 2. The van der Waals surface area contributed by atoms with E-state index in [4.69, 9.17) is 5.11 Å². The molecule has 4 heteroatoms. The van der Waals surface area contributed by atoms with E-state index in [-0.39, 0.29) is 18.2 Å². The number of amides is 1. The highest BCUT2D eigenvalue weighted by molar-refractivity contribution is 5.75. The molecule has 1 amide bonds. The molecule has 2 rings (SSSR count).